The summed E-state index contributed by atoms with van der Waals surface area (Å²) in [6.45, 7) is 13.9. The van der Waals surface area contributed by atoms with Crippen molar-refractivity contribution in [1.82, 2.24) is 4.72 Å². The molecular weight excluding hydrogens is 401 g/mol. The first kappa shape index (κ1) is 23.4. The van der Waals surface area contributed by atoms with Crippen LogP contribution in [0.3, 0.4) is 0 Å². The van der Waals surface area contributed by atoms with Crippen LogP contribution < -0.4 is 10.2 Å². The number of carbonyl (C=O) groups is 1. The molecule has 0 amide bonds. The van der Waals surface area contributed by atoms with Gasteiger partial charge in [0.2, 0.25) is 0 Å². The van der Waals surface area contributed by atoms with Gasteiger partial charge in [-0.15, -0.1) is 0 Å². The molecule has 0 unspecified atom stereocenters. The molecule has 0 bridgehead atoms. The maximum Gasteiger partial charge on any atom is 0.494 e. The molecule has 166 valence electrons. The van der Waals surface area contributed by atoms with Crippen LogP contribution >= 0.6 is 0 Å². The van der Waals surface area contributed by atoms with Crippen molar-refractivity contribution in [3.63, 3.8) is 0 Å². The molecule has 1 fully saturated rings. The fraction of sp³-hybridized carbons (Fsp3) is 0.682. The molecule has 1 aromatic rings. The van der Waals surface area contributed by atoms with E-state index in [0.717, 1.165) is 23.0 Å². The van der Waals surface area contributed by atoms with Gasteiger partial charge in [0.1, 0.15) is 0 Å². The summed E-state index contributed by atoms with van der Waals surface area (Å²) in [7, 11) is -0.382. The maximum absolute atomic E-state index is 12.9. The van der Waals surface area contributed by atoms with Crippen LogP contribution in [0.2, 0.25) is 0 Å². The average Bonchev–Trinajstić information content (AvgIpc) is 3.07. The van der Waals surface area contributed by atoms with Gasteiger partial charge in [-0.2, -0.15) is 0 Å². The zero-order chi connectivity index (χ0) is 22.5. The standard InChI is InChI=1S/C22H34BNO5S/c1-19(2,3)30(26)24-22(14-18(25)27-8)12-11-15-13-16(9-10-17(15)22)23-28-20(4,5)21(6,7)29-23/h9-10,13,24H,11-12,14H2,1-8H3/t22-,30+/m0/s1. The predicted octanol–water partition coefficient (Wildman–Crippen LogP) is 2.74. The summed E-state index contributed by atoms with van der Waals surface area (Å²) in [5, 5.41) is 0. The van der Waals surface area contributed by atoms with Crippen molar-refractivity contribution < 1.29 is 23.0 Å². The molecule has 3 rings (SSSR count). The number of benzene rings is 1. The average molecular weight is 435 g/mol. The molecule has 1 aromatic carbocycles. The third kappa shape index (κ3) is 4.24. The first-order valence-electron chi connectivity index (χ1n) is 10.5. The molecule has 0 spiro atoms. The Balaban J connectivity index is 1.94. The van der Waals surface area contributed by atoms with Gasteiger partial charge in [0.05, 0.1) is 46.0 Å². The number of aryl methyl sites for hydroxylation is 1. The lowest BCUT2D eigenvalue weighted by Gasteiger charge is -2.33. The molecule has 1 aliphatic carbocycles. The van der Waals surface area contributed by atoms with E-state index in [1.807, 2.05) is 60.6 Å². The second-order valence-corrected chi connectivity index (χ2v) is 12.3. The van der Waals surface area contributed by atoms with E-state index in [2.05, 4.69) is 10.8 Å². The summed E-state index contributed by atoms with van der Waals surface area (Å²) in [6, 6.07) is 6.09. The lowest BCUT2D eigenvalue weighted by Crippen LogP contribution is -2.48. The Morgan fingerprint density at radius 3 is 2.33 bits per heavy atom. The largest absolute Gasteiger partial charge is 0.494 e. The van der Waals surface area contributed by atoms with E-state index in [-0.39, 0.29) is 12.4 Å². The molecule has 2 atom stereocenters. The quantitative estimate of drug-likeness (QED) is 0.569. The van der Waals surface area contributed by atoms with Crippen molar-refractivity contribution in [3.05, 3.63) is 29.3 Å². The van der Waals surface area contributed by atoms with Crippen LogP contribution in [0.5, 0.6) is 0 Å². The van der Waals surface area contributed by atoms with Gasteiger partial charge in [-0.3, -0.25) is 4.79 Å². The summed E-state index contributed by atoms with van der Waals surface area (Å²) in [5.74, 6) is -0.323. The summed E-state index contributed by atoms with van der Waals surface area (Å²) in [4.78, 5) is 12.2. The van der Waals surface area contributed by atoms with Gasteiger partial charge >= 0.3 is 13.1 Å². The van der Waals surface area contributed by atoms with E-state index in [4.69, 9.17) is 14.0 Å². The van der Waals surface area contributed by atoms with Crippen LogP contribution in [0.25, 0.3) is 0 Å². The highest BCUT2D eigenvalue weighted by Gasteiger charge is 2.52. The topological polar surface area (TPSA) is 73.9 Å². The van der Waals surface area contributed by atoms with E-state index < -0.39 is 39.6 Å². The fourth-order valence-corrected chi connectivity index (χ4v) is 4.82. The highest BCUT2D eigenvalue weighted by atomic mass is 32.2. The summed E-state index contributed by atoms with van der Waals surface area (Å²) >= 11 is 0. The van der Waals surface area contributed by atoms with E-state index >= 15 is 0 Å². The van der Waals surface area contributed by atoms with Crippen LogP contribution in [0.15, 0.2) is 18.2 Å². The number of esters is 1. The predicted molar refractivity (Wildman–Crippen MR) is 120 cm³/mol. The van der Waals surface area contributed by atoms with Gasteiger partial charge in [-0.05, 0) is 77.9 Å². The van der Waals surface area contributed by atoms with E-state index in [0.29, 0.717) is 6.42 Å². The zero-order valence-electron chi connectivity index (χ0n) is 19.4. The van der Waals surface area contributed by atoms with E-state index in [1.54, 1.807) is 0 Å². The molecule has 2 aliphatic rings. The van der Waals surface area contributed by atoms with Gasteiger partial charge < -0.3 is 14.0 Å². The van der Waals surface area contributed by atoms with Crippen molar-refractivity contribution in [2.24, 2.45) is 0 Å². The molecule has 1 saturated heterocycles. The molecule has 1 aliphatic heterocycles. The first-order valence-corrected chi connectivity index (χ1v) is 11.6. The number of hydrogen-bond donors (Lipinski definition) is 1. The number of carbonyl (C=O) groups excluding carboxylic acids is 1. The molecule has 0 saturated carbocycles. The third-order valence-corrected chi connectivity index (χ3v) is 8.20. The minimum Gasteiger partial charge on any atom is -0.469 e. The summed E-state index contributed by atoms with van der Waals surface area (Å²) in [5.41, 5.74) is 1.54. The highest BCUT2D eigenvalue weighted by molar-refractivity contribution is 7.84. The van der Waals surface area contributed by atoms with Crippen LogP contribution in [0, 0.1) is 0 Å². The molecule has 0 aromatic heterocycles. The Morgan fingerprint density at radius 2 is 1.80 bits per heavy atom. The second-order valence-electron chi connectivity index (χ2n) is 10.3. The van der Waals surface area contributed by atoms with Crippen molar-refractivity contribution in [2.75, 3.05) is 7.11 Å². The van der Waals surface area contributed by atoms with Crippen molar-refractivity contribution >= 4 is 29.5 Å². The number of methoxy groups -OCH3 is 1. The Hall–Kier alpha value is -1.22. The van der Waals surface area contributed by atoms with Crippen LogP contribution in [0.1, 0.15) is 72.4 Å². The third-order valence-electron chi connectivity index (χ3n) is 6.51. The van der Waals surface area contributed by atoms with Gasteiger partial charge in [-0.25, -0.2) is 8.93 Å². The molecular formula is C22H34BNO5S. The Morgan fingerprint density at radius 1 is 1.20 bits per heavy atom. The minimum absolute atomic E-state index is 0.133. The summed E-state index contributed by atoms with van der Waals surface area (Å²) < 4.78 is 33.1. The molecule has 30 heavy (non-hydrogen) atoms. The monoisotopic (exact) mass is 435 g/mol. The van der Waals surface area contributed by atoms with Gasteiger partial charge in [0.15, 0.2) is 0 Å². The minimum atomic E-state index is -1.33. The first-order chi connectivity index (χ1) is 13.7. The molecule has 6 nitrogen and oxygen atoms in total. The molecule has 0 radical (unpaired) electrons. The Labute approximate surface area is 183 Å². The molecule has 1 N–H and O–H groups in total. The van der Waals surface area contributed by atoms with Crippen LogP contribution in [-0.2, 0) is 41.8 Å². The molecule has 1 heterocycles. The highest BCUT2D eigenvalue weighted by Crippen LogP contribution is 2.41. The maximum atomic E-state index is 12.9. The summed E-state index contributed by atoms with van der Waals surface area (Å²) in [6.07, 6.45) is 1.58. The molecule has 8 heteroatoms. The van der Waals surface area contributed by atoms with Crippen molar-refractivity contribution in [2.45, 2.75) is 89.2 Å². The number of ether oxygens (including phenoxy) is 1. The van der Waals surface area contributed by atoms with Gasteiger partial charge in [0, 0.05) is 0 Å². The Kier molecular flexibility index (Phi) is 6.04. The lowest BCUT2D eigenvalue weighted by atomic mass is 9.77. The number of fused-ring (bicyclic) bond motifs is 1. The fourth-order valence-electron chi connectivity index (χ4n) is 3.87. The Bertz CT molecular complexity index is 848. The van der Waals surface area contributed by atoms with Gasteiger partial charge in [0.25, 0.3) is 0 Å². The van der Waals surface area contributed by atoms with Crippen molar-refractivity contribution in [3.8, 4) is 0 Å². The second kappa shape index (κ2) is 7.73. The number of nitrogens with one attached hydrogen (secondary N) is 1. The van der Waals surface area contributed by atoms with Gasteiger partial charge in [-0.1, -0.05) is 18.2 Å². The van der Waals surface area contributed by atoms with Crippen LogP contribution in [-0.4, -0.2) is 40.4 Å². The smallest absolute Gasteiger partial charge is 0.469 e. The normalized spacial score (nSPS) is 25.8. The SMILES string of the molecule is COC(=O)C[C@@]1(N[S@](=O)C(C)(C)C)CCc2cc(B3OC(C)(C)C(C)(C)O3)ccc21. The van der Waals surface area contributed by atoms with E-state index in [9.17, 15) is 9.00 Å². The number of hydrogen-bond acceptors (Lipinski definition) is 5. The van der Waals surface area contributed by atoms with Crippen molar-refractivity contribution in [1.29, 1.82) is 0 Å². The lowest BCUT2D eigenvalue weighted by molar-refractivity contribution is -0.142. The van der Waals surface area contributed by atoms with E-state index in [1.165, 1.54) is 7.11 Å². The zero-order valence-corrected chi connectivity index (χ0v) is 20.2. The number of rotatable bonds is 5. The van der Waals surface area contributed by atoms with Crippen LogP contribution in [0.4, 0.5) is 0 Å².